The summed E-state index contributed by atoms with van der Waals surface area (Å²) < 4.78 is 9.40. The average Bonchev–Trinajstić information content (AvgIpc) is 3.82. The van der Waals surface area contributed by atoms with Crippen LogP contribution in [0.15, 0.2) is 36.4 Å². The Morgan fingerprint density at radius 2 is 1.14 bits per heavy atom. The Labute approximate surface area is 280 Å². The number of aryl methyl sites for hydroxylation is 2. The maximum absolute atomic E-state index is 2.53. The zero-order valence-corrected chi connectivity index (χ0v) is 34.9. The van der Waals surface area contributed by atoms with Gasteiger partial charge >= 0.3 is 213 Å². The van der Waals surface area contributed by atoms with Gasteiger partial charge < -0.3 is 0 Å². The van der Waals surface area contributed by atoms with Crippen molar-refractivity contribution in [3.63, 3.8) is 0 Å². The predicted molar refractivity (Wildman–Crippen MR) is 206 cm³/mol. The quantitative estimate of drug-likeness (QED) is 0.161. The van der Waals surface area contributed by atoms with Gasteiger partial charge in [0.1, 0.15) is 0 Å². The minimum absolute atomic E-state index is 0.249. The molecule has 1 aromatic carbocycles. The Kier molecular flexibility index (Phi) is 19.8. The molecule has 0 aliphatic carbocycles. The molecule has 5 aromatic rings. The zero-order valence-electron chi connectivity index (χ0n) is 29.9. The molecule has 0 saturated carbocycles. The van der Waals surface area contributed by atoms with Crippen molar-refractivity contribution in [1.82, 2.24) is 0 Å². The summed E-state index contributed by atoms with van der Waals surface area (Å²) in [5.41, 5.74) is 3.32. The van der Waals surface area contributed by atoms with Gasteiger partial charge in [-0.2, -0.15) is 0 Å². The fourth-order valence-corrected chi connectivity index (χ4v) is 11.4. The normalized spacial score (nSPS) is 10.3. The average molecular weight is 739 g/mol. The van der Waals surface area contributed by atoms with E-state index in [4.69, 9.17) is 0 Å². The molecule has 4 heterocycles. The van der Waals surface area contributed by atoms with E-state index in [1.54, 1.807) is 17.7 Å². The van der Waals surface area contributed by atoms with Crippen LogP contribution in [0.4, 0.5) is 0 Å². The third kappa shape index (κ3) is 9.57. The maximum atomic E-state index is 2.53. The summed E-state index contributed by atoms with van der Waals surface area (Å²) in [4.78, 5) is 2.94. The van der Waals surface area contributed by atoms with Gasteiger partial charge in [-0.3, -0.25) is 0 Å². The van der Waals surface area contributed by atoms with Crippen LogP contribution < -0.4 is 0 Å². The van der Waals surface area contributed by atoms with E-state index in [1.165, 1.54) is 47.5 Å². The molecule has 5 rings (SSSR count). The van der Waals surface area contributed by atoms with Crippen LogP contribution in [0.25, 0.3) is 40.2 Å². The molecule has 0 unspecified atom stereocenters. The van der Waals surface area contributed by atoms with Crippen LogP contribution in [0.1, 0.15) is 135 Å². The molecule has 0 fully saturated rings. The van der Waals surface area contributed by atoms with E-state index in [1.807, 2.05) is 91.9 Å². The molecule has 0 amide bonds. The van der Waals surface area contributed by atoms with Crippen LogP contribution in [-0.2, 0) is 11.8 Å². The van der Waals surface area contributed by atoms with Gasteiger partial charge in [-0.1, -0.05) is 69.2 Å². The molecule has 0 N–H and O–H groups in total. The molecule has 42 heavy (non-hydrogen) atoms. The van der Waals surface area contributed by atoms with Crippen LogP contribution in [0.2, 0.25) is 0 Å². The molecule has 0 nitrogen and oxygen atoms in total. The molecule has 4 aromatic heterocycles. The van der Waals surface area contributed by atoms with E-state index in [9.17, 15) is 0 Å². The van der Waals surface area contributed by atoms with Crippen molar-refractivity contribution < 1.29 is 0 Å². The molecular weight excluding hydrogens is 678 g/mol. The summed E-state index contributed by atoms with van der Waals surface area (Å²) >= 11 is 4.89. The number of benzene rings is 1. The molecule has 0 atom stereocenters. The van der Waals surface area contributed by atoms with Crippen LogP contribution >= 0.6 is 22.7 Å². The van der Waals surface area contributed by atoms with Crippen molar-refractivity contribution in [2.45, 2.75) is 135 Å². The van der Waals surface area contributed by atoms with E-state index in [0.717, 1.165) is 0 Å². The van der Waals surface area contributed by atoms with Gasteiger partial charge in [0, 0.05) is 0 Å². The van der Waals surface area contributed by atoms with Crippen LogP contribution in [0.3, 0.4) is 0 Å². The second-order valence-corrected chi connectivity index (χ2v) is 17.0. The molecule has 0 aliphatic rings. The Balaban J connectivity index is 0.00000153. The van der Waals surface area contributed by atoms with Crippen molar-refractivity contribution in [2.75, 3.05) is 0 Å². The third-order valence-corrected chi connectivity index (χ3v) is 14.4. The predicted octanol–water partition coefficient (Wildman–Crippen LogP) is 14.0. The zero-order chi connectivity index (χ0) is 32.8. The van der Waals surface area contributed by atoms with Gasteiger partial charge in [-0.05, 0) is 0 Å². The van der Waals surface area contributed by atoms with Gasteiger partial charge in [0.2, 0.25) is 0 Å². The SMILES string of the molecule is CC.CC.CC.CC.CC.CCc1ccc(-c2c3cc(C(C)C)sc3c(-c3ccc(C(C)(C)C)[se]3)c3cc(C)sc23)[se]1. The Bertz CT molecular complexity index is 1430. The minimum atomic E-state index is 0.249. The van der Waals surface area contributed by atoms with E-state index >= 15 is 0 Å². The first-order valence-corrected chi connectivity index (χ1v) is 21.4. The number of fused-ring (bicyclic) bond motifs is 2. The molecule has 0 bridgehead atoms. The number of hydrogen-bond donors (Lipinski definition) is 0. The van der Waals surface area contributed by atoms with Gasteiger partial charge in [0.05, 0.1) is 0 Å². The van der Waals surface area contributed by atoms with Crippen molar-refractivity contribution in [3.8, 4) is 20.0 Å². The summed E-state index contributed by atoms with van der Waals surface area (Å²) in [5, 5.41) is 2.99. The van der Waals surface area contributed by atoms with Crippen molar-refractivity contribution in [3.05, 3.63) is 55.0 Å². The topological polar surface area (TPSA) is 0 Å². The Morgan fingerprint density at radius 3 is 1.60 bits per heavy atom. The fourth-order valence-electron chi connectivity index (χ4n) is 4.26. The Hall–Kier alpha value is -0.861. The first-order valence-electron chi connectivity index (χ1n) is 16.4. The first kappa shape index (κ1) is 41.1. The van der Waals surface area contributed by atoms with Gasteiger partial charge in [0.25, 0.3) is 0 Å². The summed E-state index contributed by atoms with van der Waals surface area (Å²) in [6, 6.07) is 14.7. The van der Waals surface area contributed by atoms with Crippen molar-refractivity contribution in [2.24, 2.45) is 0 Å². The molecule has 0 aliphatic heterocycles. The number of hydrogen-bond acceptors (Lipinski definition) is 2. The molecular formula is C38H60S2Se2. The van der Waals surface area contributed by atoms with Crippen molar-refractivity contribution in [1.29, 1.82) is 0 Å². The molecule has 236 valence electrons. The van der Waals surface area contributed by atoms with Gasteiger partial charge in [0.15, 0.2) is 0 Å². The van der Waals surface area contributed by atoms with Gasteiger partial charge in [-0.15, -0.1) is 0 Å². The van der Waals surface area contributed by atoms with E-state index in [0.29, 0.717) is 34.9 Å². The van der Waals surface area contributed by atoms with Crippen molar-refractivity contribution >= 4 is 71.9 Å². The fraction of sp³-hybridized carbons (Fsp3) is 0.526. The van der Waals surface area contributed by atoms with Crippen LogP contribution in [0.5, 0.6) is 0 Å². The molecule has 0 saturated heterocycles. The van der Waals surface area contributed by atoms with Gasteiger partial charge in [-0.25, -0.2) is 0 Å². The molecule has 0 radical (unpaired) electrons. The molecule has 4 heteroatoms. The first-order chi connectivity index (χ1) is 20.2. The van der Waals surface area contributed by atoms with E-state index < -0.39 is 0 Å². The summed E-state index contributed by atoms with van der Waals surface area (Å²) in [6.07, 6.45) is 1.17. The number of rotatable bonds is 4. The summed E-state index contributed by atoms with van der Waals surface area (Å²) in [7, 11) is 0. The third-order valence-electron chi connectivity index (χ3n) is 6.02. The second-order valence-electron chi connectivity index (χ2n) is 9.93. The molecule has 0 spiro atoms. The monoisotopic (exact) mass is 740 g/mol. The second kappa shape index (κ2) is 20.2. The van der Waals surface area contributed by atoms with E-state index in [-0.39, 0.29) is 5.41 Å². The Morgan fingerprint density at radius 1 is 0.667 bits per heavy atom. The number of thiophene rings is 2. The van der Waals surface area contributed by atoms with Crippen LogP contribution in [-0.4, -0.2) is 29.0 Å². The summed E-state index contributed by atoms with van der Waals surface area (Å²) in [6.45, 7) is 36.3. The van der Waals surface area contributed by atoms with E-state index in [2.05, 4.69) is 84.9 Å². The van der Waals surface area contributed by atoms with Crippen LogP contribution in [0, 0.1) is 6.92 Å². The summed E-state index contributed by atoms with van der Waals surface area (Å²) in [5.74, 6) is 0.562. The standard InChI is InChI=1S/C28H30S2Se2.5C2H6/c1-8-17-9-10-21(31-17)25-19-14-20(15(2)3)30-27(19)24(18-13-16(4)29-26(18)25)22-11-12-23(32-22)28(5,6)7;5*1-2/h9-15H,8H2,1-7H3;5*1-2H3.